The van der Waals surface area contributed by atoms with Gasteiger partial charge in [0.25, 0.3) is 0 Å². The first kappa shape index (κ1) is 9.76. The van der Waals surface area contributed by atoms with Crippen molar-refractivity contribution in [3.8, 4) is 0 Å². The molecule has 0 aromatic heterocycles. The van der Waals surface area contributed by atoms with Crippen molar-refractivity contribution in [3.05, 3.63) is 0 Å². The first-order chi connectivity index (χ1) is 4.54. The van der Waals surface area contributed by atoms with Crippen LogP contribution in [-0.4, -0.2) is 17.8 Å². The number of rotatable bonds is 3. The Morgan fingerprint density at radius 1 is 1.50 bits per heavy atom. The van der Waals surface area contributed by atoms with Gasteiger partial charge in [0.1, 0.15) is 5.38 Å². The molecule has 0 fully saturated rings. The molecule has 0 rings (SSSR count). The molecule has 0 saturated heterocycles. The van der Waals surface area contributed by atoms with Gasteiger partial charge in [-0.05, 0) is 12.8 Å². The lowest BCUT2D eigenvalue weighted by Crippen LogP contribution is -2.32. The van der Waals surface area contributed by atoms with Crippen LogP contribution in [0.25, 0.3) is 0 Å². The fraction of sp³-hybridized carbons (Fsp3) is 0.857. The fourth-order valence-corrected chi connectivity index (χ4v) is 0.523. The molecule has 3 heteroatoms. The highest BCUT2D eigenvalue weighted by atomic mass is 35.5. The second kappa shape index (κ2) is 4.56. The molecule has 0 aromatic carbocycles. The lowest BCUT2D eigenvalue weighted by Gasteiger charge is -2.07. The lowest BCUT2D eigenvalue weighted by molar-refractivity contribution is -0.120. The first-order valence-corrected chi connectivity index (χ1v) is 3.89. The number of amides is 1. The van der Waals surface area contributed by atoms with E-state index >= 15 is 0 Å². The van der Waals surface area contributed by atoms with Gasteiger partial charge in [0.15, 0.2) is 0 Å². The summed E-state index contributed by atoms with van der Waals surface area (Å²) in [5, 5.41) is 2.29. The topological polar surface area (TPSA) is 29.1 Å². The predicted molar refractivity (Wildman–Crippen MR) is 43.2 cm³/mol. The van der Waals surface area contributed by atoms with E-state index in [1.165, 1.54) is 0 Å². The molecular formula is C7H14ClNO. The average Bonchev–Trinajstić information content (AvgIpc) is 1.82. The number of halogens is 1. The van der Waals surface area contributed by atoms with E-state index in [9.17, 15) is 4.79 Å². The van der Waals surface area contributed by atoms with Gasteiger partial charge in [-0.25, -0.2) is 0 Å². The smallest absolute Gasteiger partial charge is 0.237 e. The van der Waals surface area contributed by atoms with Crippen LogP contribution in [0, 0.1) is 5.92 Å². The van der Waals surface area contributed by atoms with Gasteiger partial charge in [-0.3, -0.25) is 4.79 Å². The van der Waals surface area contributed by atoms with Gasteiger partial charge in [0.05, 0.1) is 0 Å². The Morgan fingerprint density at radius 3 is 2.30 bits per heavy atom. The highest BCUT2D eigenvalue weighted by Gasteiger charge is 2.07. The van der Waals surface area contributed by atoms with Gasteiger partial charge in [0, 0.05) is 6.54 Å². The van der Waals surface area contributed by atoms with Crippen molar-refractivity contribution in [2.45, 2.75) is 26.1 Å². The Balaban J connectivity index is 3.40. The number of nitrogens with one attached hydrogen (secondary N) is 1. The Bertz CT molecular complexity index is 112. The molecule has 0 unspecified atom stereocenters. The normalized spacial score (nSPS) is 13.3. The van der Waals surface area contributed by atoms with Gasteiger partial charge in [0.2, 0.25) is 5.91 Å². The maximum absolute atomic E-state index is 10.8. The second-order valence-electron chi connectivity index (χ2n) is 2.76. The maximum Gasteiger partial charge on any atom is 0.237 e. The van der Waals surface area contributed by atoms with Crippen LogP contribution in [0.3, 0.4) is 0 Å². The zero-order valence-corrected chi connectivity index (χ0v) is 7.40. The van der Waals surface area contributed by atoms with Crippen LogP contribution in [-0.2, 0) is 4.79 Å². The van der Waals surface area contributed by atoms with E-state index in [0.717, 1.165) is 0 Å². The van der Waals surface area contributed by atoms with Gasteiger partial charge in [-0.2, -0.15) is 0 Å². The van der Waals surface area contributed by atoms with Gasteiger partial charge >= 0.3 is 0 Å². The summed E-state index contributed by atoms with van der Waals surface area (Å²) in [7, 11) is 0. The number of carbonyl (C=O) groups is 1. The highest BCUT2D eigenvalue weighted by Crippen LogP contribution is 1.93. The molecule has 1 atom stereocenters. The number of carbonyl (C=O) groups excluding carboxylic acids is 1. The number of hydrogen-bond donors (Lipinski definition) is 1. The summed E-state index contributed by atoms with van der Waals surface area (Å²) in [6.07, 6.45) is 0. The Kier molecular flexibility index (Phi) is 4.45. The van der Waals surface area contributed by atoms with Crippen LogP contribution in [0.1, 0.15) is 20.8 Å². The fourth-order valence-electron chi connectivity index (χ4n) is 0.445. The molecule has 0 saturated carbocycles. The third-order valence-corrected chi connectivity index (χ3v) is 1.24. The van der Waals surface area contributed by atoms with E-state index in [1.54, 1.807) is 6.92 Å². The molecule has 0 aliphatic heterocycles. The van der Waals surface area contributed by atoms with Crippen LogP contribution >= 0.6 is 11.6 Å². The molecule has 0 radical (unpaired) electrons. The molecule has 0 bridgehead atoms. The summed E-state index contributed by atoms with van der Waals surface area (Å²) in [6.45, 7) is 6.45. The van der Waals surface area contributed by atoms with Crippen molar-refractivity contribution in [1.29, 1.82) is 0 Å². The number of alkyl halides is 1. The molecule has 1 N–H and O–H groups in total. The summed E-state index contributed by atoms with van der Waals surface area (Å²) in [6, 6.07) is 0. The van der Waals surface area contributed by atoms with Gasteiger partial charge in [-0.1, -0.05) is 13.8 Å². The maximum atomic E-state index is 10.8. The minimum Gasteiger partial charge on any atom is -0.355 e. The largest absolute Gasteiger partial charge is 0.355 e. The molecule has 1 amide bonds. The van der Waals surface area contributed by atoms with E-state index in [0.29, 0.717) is 12.5 Å². The molecule has 0 aromatic rings. The van der Waals surface area contributed by atoms with E-state index in [-0.39, 0.29) is 5.91 Å². The van der Waals surface area contributed by atoms with Crippen molar-refractivity contribution in [1.82, 2.24) is 5.32 Å². The summed E-state index contributed by atoms with van der Waals surface area (Å²) in [5.41, 5.74) is 0. The third kappa shape index (κ3) is 4.62. The molecular weight excluding hydrogens is 150 g/mol. The zero-order chi connectivity index (χ0) is 8.15. The van der Waals surface area contributed by atoms with Crippen LogP contribution in [0.5, 0.6) is 0 Å². The summed E-state index contributed by atoms with van der Waals surface area (Å²) in [4.78, 5) is 10.8. The molecule has 60 valence electrons. The van der Waals surface area contributed by atoms with E-state index in [1.807, 2.05) is 13.8 Å². The lowest BCUT2D eigenvalue weighted by atomic mass is 10.2. The molecule has 0 aliphatic carbocycles. The average molecular weight is 164 g/mol. The van der Waals surface area contributed by atoms with Crippen molar-refractivity contribution >= 4 is 17.5 Å². The van der Waals surface area contributed by atoms with Crippen LogP contribution in [0.15, 0.2) is 0 Å². The highest BCUT2D eigenvalue weighted by molar-refractivity contribution is 6.30. The van der Waals surface area contributed by atoms with Crippen LogP contribution in [0.2, 0.25) is 0 Å². The SMILES string of the molecule is CC(C)CNC(=O)[C@H](C)Cl. The monoisotopic (exact) mass is 163 g/mol. The van der Waals surface area contributed by atoms with Gasteiger partial charge in [-0.15, -0.1) is 11.6 Å². The molecule has 0 aliphatic rings. The van der Waals surface area contributed by atoms with Crippen LogP contribution in [0.4, 0.5) is 0 Å². The molecule has 0 heterocycles. The van der Waals surface area contributed by atoms with Crippen molar-refractivity contribution in [2.75, 3.05) is 6.54 Å². The standard InChI is InChI=1S/C7H14ClNO/c1-5(2)4-9-7(10)6(3)8/h5-6H,4H2,1-3H3,(H,9,10)/t6-/m0/s1. The van der Waals surface area contributed by atoms with Gasteiger partial charge < -0.3 is 5.32 Å². The third-order valence-electron chi connectivity index (χ3n) is 1.05. The summed E-state index contributed by atoms with van der Waals surface area (Å²) < 4.78 is 0. The Labute approximate surface area is 66.9 Å². The van der Waals surface area contributed by atoms with E-state index < -0.39 is 5.38 Å². The molecule has 0 spiro atoms. The van der Waals surface area contributed by atoms with Crippen LogP contribution < -0.4 is 5.32 Å². The molecule has 10 heavy (non-hydrogen) atoms. The zero-order valence-electron chi connectivity index (χ0n) is 6.65. The minimum absolute atomic E-state index is 0.0876. The van der Waals surface area contributed by atoms with Crippen molar-refractivity contribution < 1.29 is 4.79 Å². The van der Waals surface area contributed by atoms with Crippen molar-refractivity contribution in [2.24, 2.45) is 5.92 Å². The quantitative estimate of drug-likeness (QED) is 0.626. The summed E-state index contributed by atoms with van der Waals surface area (Å²) >= 11 is 5.50. The van der Waals surface area contributed by atoms with E-state index in [4.69, 9.17) is 11.6 Å². The van der Waals surface area contributed by atoms with Crippen molar-refractivity contribution in [3.63, 3.8) is 0 Å². The minimum atomic E-state index is -0.418. The predicted octanol–water partition coefficient (Wildman–Crippen LogP) is 1.39. The molecule has 2 nitrogen and oxygen atoms in total. The van der Waals surface area contributed by atoms with E-state index in [2.05, 4.69) is 5.32 Å². The first-order valence-electron chi connectivity index (χ1n) is 3.45. The Morgan fingerprint density at radius 2 is 2.00 bits per heavy atom. The number of hydrogen-bond acceptors (Lipinski definition) is 1. The second-order valence-corrected chi connectivity index (χ2v) is 3.41. The Hall–Kier alpha value is -0.240. The summed E-state index contributed by atoms with van der Waals surface area (Å²) in [5.74, 6) is 0.398.